The first kappa shape index (κ1) is 26.1. The van der Waals surface area contributed by atoms with Crippen molar-refractivity contribution in [3.05, 3.63) is 57.6 Å². The zero-order valence-electron chi connectivity index (χ0n) is 23.3. The number of rotatable bonds is 0. The van der Waals surface area contributed by atoms with E-state index in [1.165, 1.54) is 33.4 Å². The van der Waals surface area contributed by atoms with E-state index in [0.29, 0.717) is 0 Å². The van der Waals surface area contributed by atoms with Crippen LogP contribution in [0.2, 0.25) is 0 Å². The Bertz CT molecular complexity index is 954. The Morgan fingerprint density at radius 1 is 0.545 bits per heavy atom. The quantitative estimate of drug-likeness (QED) is 0.359. The third kappa shape index (κ3) is 5.59. The second kappa shape index (κ2) is 8.30. The van der Waals surface area contributed by atoms with Crippen LogP contribution in [0, 0.1) is 0 Å². The average Bonchev–Trinajstić information content (AvgIpc) is 2.58. The molecule has 1 aliphatic rings. The smallest absolute Gasteiger partial charge is 0.287 e. The van der Waals surface area contributed by atoms with Crippen LogP contribution in [0.5, 0.6) is 11.5 Å². The molecular formula is C30H45O2P. The molecule has 0 spiro atoms. The molecule has 0 bridgehead atoms. The Hall–Kier alpha value is -1.53. The largest absolute Gasteiger partial charge is 0.438 e. The molecule has 0 N–H and O–H groups in total. The highest BCUT2D eigenvalue weighted by Crippen LogP contribution is 2.51. The zero-order valence-corrected chi connectivity index (χ0v) is 24.2. The minimum atomic E-state index is -1.11. The fraction of sp³-hybridized carbons (Fsp3) is 0.600. The number of hydrogen-bond donors (Lipinski definition) is 0. The molecule has 1 aliphatic heterocycles. The topological polar surface area (TPSA) is 18.5 Å². The molecule has 0 aromatic heterocycles. The van der Waals surface area contributed by atoms with Crippen LogP contribution in [0.15, 0.2) is 24.3 Å². The molecule has 3 heteroatoms. The molecule has 0 amide bonds. The van der Waals surface area contributed by atoms with E-state index in [-0.39, 0.29) is 21.7 Å². The summed E-state index contributed by atoms with van der Waals surface area (Å²) in [6.45, 7) is 29.5. The minimum Gasteiger partial charge on any atom is -0.438 e. The van der Waals surface area contributed by atoms with E-state index in [9.17, 15) is 0 Å². The van der Waals surface area contributed by atoms with Gasteiger partial charge in [0.1, 0.15) is 11.5 Å². The van der Waals surface area contributed by atoms with Crippen LogP contribution in [-0.4, -0.2) is 6.66 Å². The molecule has 0 aliphatic carbocycles. The second-order valence-electron chi connectivity index (χ2n) is 13.8. The Morgan fingerprint density at radius 2 is 0.879 bits per heavy atom. The predicted molar refractivity (Wildman–Crippen MR) is 145 cm³/mol. The fourth-order valence-electron chi connectivity index (χ4n) is 4.32. The SMILES string of the molecule is CP1Oc2c(cc(C(C)(C)C)cc2C(C)(C)C)Cc2cc(C(C)(C)C)cc(C(C)(C)C)c2O1. The van der Waals surface area contributed by atoms with Crippen molar-refractivity contribution >= 4 is 8.38 Å². The van der Waals surface area contributed by atoms with Crippen LogP contribution >= 0.6 is 8.38 Å². The second-order valence-corrected chi connectivity index (χ2v) is 15.1. The lowest BCUT2D eigenvalue weighted by molar-refractivity contribution is 0.451. The molecule has 0 fully saturated rings. The summed E-state index contributed by atoms with van der Waals surface area (Å²) in [5.74, 6) is 2.04. The summed E-state index contributed by atoms with van der Waals surface area (Å²) in [5, 5.41) is 0. The fourth-order valence-corrected chi connectivity index (χ4v) is 5.30. The van der Waals surface area contributed by atoms with Gasteiger partial charge in [-0.3, -0.25) is 0 Å². The van der Waals surface area contributed by atoms with E-state index >= 15 is 0 Å². The highest BCUT2D eigenvalue weighted by atomic mass is 31.2. The van der Waals surface area contributed by atoms with Crippen molar-refractivity contribution in [1.82, 2.24) is 0 Å². The molecule has 1 heterocycles. The lowest BCUT2D eigenvalue weighted by Crippen LogP contribution is -2.21. The van der Waals surface area contributed by atoms with Gasteiger partial charge < -0.3 is 9.05 Å². The molecule has 182 valence electrons. The van der Waals surface area contributed by atoms with Crippen molar-refractivity contribution in [2.75, 3.05) is 6.66 Å². The maximum absolute atomic E-state index is 6.63. The number of hydrogen-bond acceptors (Lipinski definition) is 2. The van der Waals surface area contributed by atoms with Crippen LogP contribution in [0.1, 0.15) is 116 Å². The van der Waals surface area contributed by atoms with Crippen LogP contribution in [-0.2, 0) is 28.1 Å². The van der Waals surface area contributed by atoms with Gasteiger partial charge in [-0.05, 0) is 43.9 Å². The van der Waals surface area contributed by atoms with E-state index < -0.39 is 8.38 Å². The monoisotopic (exact) mass is 468 g/mol. The maximum atomic E-state index is 6.63. The summed E-state index contributed by atoms with van der Waals surface area (Å²) >= 11 is 0. The number of benzene rings is 2. The van der Waals surface area contributed by atoms with Crippen LogP contribution in [0.4, 0.5) is 0 Å². The molecule has 0 unspecified atom stereocenters. The van der Waals surface area contributed by atoms with Gasteiger partial charge in [0.15, 0.2) is 0 Å². The highest BCUT2D eigenvalue weighted by molar-refractivity contribution is 7.47. The van der Waals surface area contributed by atoms with E-state index in [2.05, 4.69) is 114 Å². The van der Waals surface area contributed by atoms with E-state index in [1.807, 2.05) is 0 Å². The van der Waals surface area contributed by atoms with Crippen LogP contribution in [0.25, 0.3) is 0 Å². The van der Waals surface area contributed by atoms with Gasteiger partial charge in [0, 0.05) is 24.2 Å². The van der Waals surface area contributed by atoms with Crippen molar-refractivity contribution in [3.63, 3.8) is 0 Å². The predicted octanol–water partition coefficient (Wildman–Crippen LogP) is 9.18. The van der Waals surface area contributed by atoms with Gasteiger partial charge in [-0.1, -0.05) is 107 Å². The third-order valence-electron chi connectivity index (χ3n) is 6.50. The normalized spacial score (nSPS) is 15.7. The van der Waals surface area contributed by atoms with Gasteiger partial charge in [0.25, 0.3) is 8.38 Å². The maximum Gasteiger partial charge on any atom is 0.287 e. The summed E-state index contributed by atoms with van der Waals surface area (Å²) in [4.78, 5) is 0. The summed E-state index contributed by atoms with van der Waals surface area (Å²) in [6, 6.07) is 9.47. The van der Waals surface area contributed by atoms with E-state index in [1.54, 1.807) is 0 Å². The van der Waals surface area contributed by atoms with Crippen molar-refractivity contribution in [2.45, 2.75) is 111 Å². The zero-order chi connectivity index (χ0) is 25.1. The summed E-state index contributed by atoms with van der Waals surface area (Å²) in [7, 11) is -1.11. The first-order valence-corrected chi connectivity index (χ1v) is 13.9. The average molecular weight is 469 g/mol. The summed E-state index contributed by atoms with van der Waals surface area (Å²) in [6.07, 6.45) is 0.813. The highest BCUT2D eigenvalue weighted by Gasteiger charge is 2.32. The van der Waals surface area contributed by atoms with Crippen LogP contribution < -0.4 is 9.05 Å². The van der Waals surface area contributed by atoms with Gasteiger partial charge in [-0.15, -0.1) is 0 Å². The molecular weight excluding hydrogens is 423 g/mol. The Balaban J connectivity index is 2.36. The molecule has 0 saturated carbocycles. The van der Waals surface area contributed by atoms with Crippen LogP contribution in [0.3, 0.4) is 0 Å². The Morgan fingerprint density at radius 3 is 1.15 bits per heavy atom. The van der Waals surface area contributed by atoms with Crippen molar-refractivity contribution < 1.29 is 9.05 Å². The van der Waals surface area contributed by atoms with Gasteiger partial charge in [-0.2, -0.15) is 0 Å². The van der Waals surface area contributed by atoms with Crippen molar-refractivity contribution in [2.24, 2.45) is 0 Å². The Labute approximate surface area is 204 Å². The van der Waals surface area contributed by atoms with E-state index in [4.69, 9.17) is 9.05 Å². The molecule has 0 saturated heterocycles. The lowest BCUT2D eigenvalue weighted by Gasteiger charge is -2.34. The first-order chi connectivity index (χ1) is 14.8. The molecule has 33 heavy (non-hydrogen) atoms. The Kier molecular flexibility index (Phi) is 6.56. The summed E-state index contributed by atoms with van der Waals surface area (Å²) in [5.41, 5.74) is 7.91. The third-order valence-corrected chi connectivity index (χ3v) is 7.38. The van der Waals surface area contributed by atoms with Crippen molar-refractivity contribution in [3.8, 4) is 11.5 Å². The molecule has 2 aromatic carbocycles. The van der Waals surface area contributed by atoms with Gasteiger partial charge in [0.2, 0.25) is 0 Å². The number of fused-ring (bicyclic) bond motifs is 2. The minimum absolute atomic E-state index is 0.0205. The first-order valence-electron chi connectivity index (χ1n) is 12.2. The van der Waals surface area contributed by atoms with E-state index in [0.717, 1.165) is 17.9 Å². The molecule has 0 atom stereocenters. The molecule has 2 aromatic rings. The van der Waals surface area contributed by atoms with Gasteiger partial charge in [-0.25, -0.2) is 0 Å². The molecule has 3 rings (SSSR count). The standard InChI is InChI=1S/C30H45O2P/c1-27(2,3)21-15-19-14-20-16-22(28(4,5)6)18-24(30(10,11)12)26(20)32-33(13)31-25(19)23(17-21)29(7,8)9/h15-18H,14H2,1-13H3. The molecule has 2 nitrogen and oxygen atoms in total. The lowest BCUT2D eigenvalue weighted by atomic mass is 9.76. The van der Waals surface area contributed by atoms with Gasteiger partial charge in [0.05, 0.1) is 0 Å². The molecule has 0 radical (unpaired) electrons. The van der Waals surface area contributed by atoms with Crippen molar-refractivity contribution in [1.29, 1.82) is 0 Å². The summed E-state index contributed by atoms with van der Waals surface area (Å²) < 4.78 is 13.3. The van der Waals surface area contributed by atoms with Gasteiger partial charge >= 0.3 is 0 Å².